The van der Waals surface area contributed by atoms with E-state index in [0.717, 1.165) is 11.1 Å². The molecule has 0 radical (unpaired) electrons. The lowest BCUT2D eigenvalue weighted by Gasteiger charge is -2.06. The third-order valence-electron chi connectivity index (χ3n) is 2.57. The lowest BCUT2D eigenvalue weighted by Crippen LogP contribution is -2.19. The first-order valence-corrected chi connectivity index (χ1v) is 5.71. The van der Waals surface area contributed by atoms with Crippen LogP contribution >= 0.6 is 0 Å². The average Bonchev–Trinajstić information content (AvgIpc) is 2.46. The first kappa shape index (κ1) is 12.2. The van der Waals surface area contributed by atoms with Crippen molar-refractivity contribution in [1.82, 2.24) is 0 Å². The maximum Gasteiger partial charge on any atom is 0.267 e. The van der Waals surface area contributed by atoms with Crippen LogP contribution in [-0.2, 0) is 4.79 Å². The van der Waals surface area contributed by atoms with Gasteiger partial charge in [-0.2, -0.15) is 0 Å². The number of hydrogen-bond donors (Lipinski definition) is 1. The molecular weight excluding hydrogens is 224 g/mol. The molecule has 2 N–H and O–H groups in total. The number of carbonyl (C=O) groups excluding carboxylic acids is 1. The summed E-state index contributed by atoms with van der Waals surface area (Å²) < 4.78 is 0. The molecule has 0 aliphatic carbocycles. The van der Waals surface area contributed by atoms with E-state index in [2.05, 4.69) is 4.99 Å². The molecule has 0 aliphatic heterocycles. The number of nitrogens with zero attached hydrogens (tertiary/aromatic N) is 1. The minimum absolute atomic E-state index is 0.343. The van der Waals surface area contributed by atoms with Crippen LogP contribution in [0.1, 0.15) is 17.2 Å². The van der Waals surface area contributed by atoms with Crippen molar-refractivity contribution in [3.05, 3.63) is 71.8 Å². The Bertz CT molecular complexity index is 535. The van der Waals surface area contributed by atoms with E-state index in [1.807, 2.05) is 60.7 Å². The van der Waals surface area contributed by atoms with Crippen LogP contribution in [0, 0.1) is 0 Å². The van der Waals surface area contributed by atoms with Crippen molar-refractivity contribution < 1.29 is 4.79 Å². The Kier molecular flexibility index (Phi) is 3.99. The van der Waals surface area contributed by atoms with Gasteiger partial charge in [0.2, 0.25) is 0 Å². The van der Waals surface area contributed by atoms with Crippen LogP contribution in [0.4, 0.5) is 0 Å². The number of aliphatic imine (C=N–C) groups is 1. The lowest BCUT2D eigenvalue weighted by atomic mass is 10.1. The smallest absolute Gasteiger partial charge is 0.267 e. The summed E-state index contributed by atoms with van der Waals surface area (Å²) in [6.07, 6.45) is 1.53. The molecule has 0 heterocycles. The highest BCUT2D eigenvalue weighted by Gasteiger charge is 2.13. The fourth-order valence-corrected chi connectivity index (χ4v) is 1.56. The van der Waals surface area contributed by atoms with E-state index in [4.69, 9.17) is 5.73 Å². The molecule has 90 valence electrons. The second-order valence-corrected chi connectivity index (χ2v) is 3.90. The van der Waals surface area contributed by atoms with Gasteiger partial charge >= 0.3 is 0 Å². The van der Waals surface area contributed by atoms with Gasteiger partial charge in [0.1, 0.15) is 6.04 Å². The van der Waals surface area contributed by atoms with E-state index in [0.29, 0.717) is 0 Å². The first-order chi connectivity index (χ1) is 8.77. The quantitative estimate of drug-likeness (QED) is 0.834. The number of nitrogens with two attached hydrogens (primary N) is 1. The molecular formula is C15H14N2O. The zero-order valence-electron chi connectivity index (χ0n) is 9.86. The van der Waals surface area contributed by atoms with Crippen LogP contribution in [0.25, 0.3) is 0 Å². The van der Waals surface area contributed by atoms with E-state index < -0.39 is 6.04 Å². The van der Waals surface area contributed by atoms with E-state index in [1.165, 1.54) is 6.21 Å². The lowest BCUT2D eigenvalue weighted by molar-refractivity contribution is -0.119. The molecule has 0 bridgehead atoms. The van der Waals surface area contributed by atoms with Gasteiger partial charge in [-0.15, -0.1) is 0 Å². The second kappa shape index (κ2) is 5.89. The molecule has 0 saturated carbocycles. The fraction of sp³-hybridized carbons (Fsp3) is 0.0667. The minimum Gasteiger partial charge on any atom is -0.316 e. The Morgan fingerprint density at radius 1 is 1.00 bits per heavy atom. The number of hydrogen-bond acceptors (Lipinski definition) is 2. The summed E-state index contributed by atoms with van der Waals surface area (Å²) in [5, 5.41) is 0. The van der Waals surface area contributed by atoms with Gasteiger partial charge in [-0.3, -0.25) is 4.79 Å². The van der Waals surface area contributed by atoms with Gasteiger partial charge in [0.25, 0.3) is 5.91 Å². The molecule has 2 rings (SSSR count). The normalized spacial score (nSPS) is 12.5. The monoisotopic (exact) mass is 238 g/mol. The summed E-state index contributed by atoms with van der Waals surface area (Å²) in [6.45, 7) is 0. The van der Waals surface area contributed by atoms with Gasteiger partial charge < -0.3 is 5.73 Å². The third-order valence-corrected chi connectivity index (χ3v) is 2.57. The van der Waals surface area contributed by atoms with Crippen molar-refractivity contribution in [3.63, 3.8) is 0 Å². The SMILES string of the molecule is NC(C(=O)N=Cc1ccccc1)c1ccccc1. The van der Waals surface area contributed by atoms with Crippen LogP contribution in [0.15, 0.2) is 65.7 Å². The molecule has 3 heteroatoms. The average molecular weight is 238 g/mol. The maximum atomic E-state index is 11.8. The number of carbonyl (C=O) groups is 1. The molecule has 1 amide bonds. The molecule has 2 aromatic rings. The van der Waals surface area contributed by atoms with E-state index in [-0.39, 0.29) is 5.91 Å². The summed E-state index contributed by atoms with van der Waals surface area (Å²) in [6, 6.07) is 18.0. The summed E-state index contributed by atoms with van der Waals surface area (Å²) in [4.78, 5) is 15.7. The van der Waals surface area contributed by atoms with Gasteiger partial charge in [-0.1, -0.05) is 60.7 Å². The highest BCUT2D eigenvalue weighted by molar-refractivity contribution is 5.94. The second-order valence-electron chi connectivity index (χ2n) is 3.90. The molecule has 1 atom stereocenters. The molecule has 3 nitrogen and oxygen atoms in total. The first-order valence-electron chi connectivity index (χ1n) is 5.71. The zero-order chi connectivity index (χ0) is 12.8. The van der Waals surface area contributed by atoms with E-state index >= 15 is 0 Å². The molecule has 1 unspecified atom stereocenters. The predicted molar refractivity (Wildman–Crippen MR) is 72.4 cm³/mol. The number of benzene rings is 2. The zero-order valence-corrected chi connectivity index (χ0v) is 9.86. The highest BCUT2D eigenvalue weighted by atomic mass is 16.1. The largest absolute Gasteiger partial charge is 0.316 e. The van der Waals surface area contributed by atoms with Crippen molar-refractivity contribution in [1.29, 1.82) is 0 Å². The molecule has 18 heavy (non-hydrogen) atoms. The Morgan fingerprint density at radius 2 is 1.56 bits per heavy atom. The molecule has 0 fully saturated rings. The fourth-order valence-electron chi connectivity index (χ4n) is 1.56. The summed E-state index contributed by atoms with van der Waals surface area (Å²) >= 11 is 0. The maximum absolute atomic E-state index is 11.8. The molecule has 2 aromatic carbocycles. The van der Waals surface area contributed by atoms with Crippen LogP contribution in [0.3, 0.4) is 0 Å². The topological polar surface area (TPSA) is 55.5 Å². The highest BCUT2D eigenvalue weighted by Crippen LogP contribution is 2.10. The molecule has 0 aromatic heterocycles. The minimum atomic E-state index is -0.703. The van der Waals surface area contributed by atoms with Gasteiger partial charge in [0, 0.05) is 6.21 Å². The summed E-state index contributed by atoms with van der Waals surface area (Å²) in [5.74, 6) is -0.343. The van der Waals surface area contributed by atoms with Crippen LogP contribution in [0.5, 0.6) is 0 Å². The standard InChI is InChI=1S/C15H14N2O/c16-14(13-9-5-2-6-10-13)15(18)17-11-12-7-3-1-4-8-12/h1-11,14H,16H2. The van der Waals surface area contributed by atoms with Crippen molar-refractivity contribution in [2.24, 2.45) is 10.7 Å². The van der Waals surface area contributed by atoms with Gasteiger partial charge in [0.15, 0.2) is 0 Å². The number of amides is 1. The van der Waals surface area contributed by atoms with Crippen LogP contribution < -0.4 is 5.73 Å². The molecule has 0 saturated heterocycles. The van der Waals surface area contributed by atoms with Crippen molar-refractivity contribution in [2.45, 2.75) is 6.04 Å². The predicted octanol–water partition coefficient (Wildman–Crippen LogP) is 2.33. The third kappa shape index (κ3) is 3.12. The van der Waals surface area contributed by atoms with Crippen molar-refractivity contribution in [3.8, 4) is 0 Å². The van der Waals surface area contributed by atoms with Crippen molar-refractivity contribution in [2.75, 3.05) is 0 Å². The summed E-state index contributed by atoms with van der Waals surface area (Å²) in [5.41, 5.74) is 7.49. The summed E-state index contributed by atoms with van der Waals surface area (Å²) in [7, 11) is 0. The Hall–Kier alpha value is -2.26. The Morgan fingerprint density at radius 3 is 2.17 bits per heavy atom. The number of rotatable bonds is 3. The Labute approximate surface area is 106 Å². The Balaban J connectivity index is 2.07. The van der Waals surface area contributed by atoms with E-state index in [9.17, 15) is 4.79 Å². The van der Waals surface area contributed by atoms with Crippen LogP contribution in [0.2, 0.25) is 0 Å². The molecule has 0 aliphatic rings. The van der Waals surface area contributed by atoms with Crippen LogP contribution in [-0.4, -0.2) is 12.1 Å². The van der Waals surface area contributed by atoms with Crippen molar-refractivity contribution >= 4 is 12.1 Å². The van der Waals surface area contributed by atoms with Gasteiger partial charge in [-0.05, 0) is 11.1 Å². The van der Waals surface area contributed by atoms with Gasteiger partial charge in [-0.25, -0.2) is 4.99 Å². The molecule has 0 spiro atoms. The van der Waals surface area contributed by atoms with E-state index in [1.54, 1.807) is 0 Å². The van der Waals surface area contributed by atoms with Gasteiger partial charge in [0.05, 0.1) is 0 Å².